The Kier molecular flexibility index (Phi) is 3.53. The van der Waals surface area contributed by atoms with E-state index in [2.05, 4.69) is 0 Å². The lowest BCUT2D eigenvalue weighted by Gasteiger charge is -2.13. The van der Waals surface area contributed by atoms with Crippen LogP contribution in [0.2, 0.25) is 0 Å². The summed E-state index contributed by atoms with van der Waals surface area (Å²) in [4.78, 5) is 11.2. The standard InChI is InChI=1S/C9H17NO2/c1-7-5-3-2-4-6-8(10)9(11)12-7/h7-8H,2-6,10H2,1H3/t7?,8-/m0/s1. The van der Waals surface area contributed by atoms with Gasteiger partial charge in [0.25, 0.3) is 0 Å². The van der Waals surface area contributed by atoms with Crippen molar-refractivity contribution in [3.63, 3.8) is 0 Å². The lowest BCUT2D eigenvalue weighted by molar-refractivity contribution is -0.150. The second-order valence-corrected chi connectivity index (χ2v) is 3.49. The number of ether oxygens (including phenoxy) is 1. The summed E-state index contributed by atoms with van der Waals surface area (Å²) in [6.45, 7) is 1.93. The predicted molar refractivity (Wildman–Crippen MR) is 46.6 cm³/mol. The molecular weight excluding hydrogens is 154 g/mol. The Morgan fingerprint density at radius 2 is 2.00 bits per heavy atom. The molecule has 1 aliphatic rings. The summed E-state index contributed by atoms with van der Waals surface area (Å²) in [5.41, 5.74) is 5.60. The highest BCUT2D eigenvalue weighted by atomic mass is 16.5. The summed E-state index contributed by atoms with van der Waals surface area (Å²) in [6.07, 6.45) is 5.13. The number of cyclic esters (lactones) is 1. The van der Waals surface area contributed by atoms with Crippen LogP contribution in [0.4, 0.5) is 0 Å². The van der Waals surface area contributed by atoms with E-state index in [0.29, 0.717) is 0 Å². The van der Waals surface area contributed by atoms with Crippen molar-refractivity contribution in [2.75, 3.05) is 0 Å². The normalized spacial score (nSPS) is 33.0. The molecule has 0 radical (unpaired) electrons. The zero-order valence-electron chi connectivity index (χ0n) is 7.58. The molecule has 1 heterocycles. The van der Waals surface area contributed by atoms with Crippen molar-refractivity contribution < 1.29 is 9.53 Å². The molecule has 70 valence electrons. The van der Waals surface area contributed by atoms with E-state index in [9.17, 15) is 4.79 Å². The zero-order valence-corrected chi connectivity index (χ0v) is 7.58. The fourth-order valence-corrected chi connectivity index (χ4v) is 1.44. The van der Waals surface area contributed by atoms with E-state index in [1.165, 1.54) is 0 Å². The predicted octanol–water partition coefficient (Wildman–Crippen LogP) is 1.21. The Hall–Kier alpha value is -0.570. The Balaban J connectivity index is 2.46. The molecule has 1 fully saturated rings. The summed E-state index contributed by atoms with van der Waals surface area (Å²) in [7, 11) is 0. The third-order valence-electron chi connectivity index (χ3n) is 2.25. The minimum atomic E-state index is -0.398. The molecule has 3 nitrogen and oxygen atoms in total. The van der Waals surface area contributed by atoms with E-state index in [0.717, 1.165) is 32.1 Å². The average molecular weight is 171 g/mol. The molecule has 0 aromatic carbocycles. The number of carbonyl (C=O) groups is 1. The summed E-state index contributed by atoms with van der Waals surface area (Å²) < 4.78 is 5.12. The van der Waals surface area contributed by atoms with Gasteiger partial charge in [-0.2, -0.15) is 0 Å². The Bertz CT molecular complexity index is 159. The minimum Gasteiger partial charge on any atom is -0.462 e. The van der Waals surface area contributed by atoms with Crippen LogP contribution >= 0.6 is 0 Å². The largest absolute Gasteiger partial charge is 0.462 e. The zero-order chi connectivity index (χ0) is 8.97. The molecule has 1 unspecified atom stereocenters. The molecule has 0 aliphatic carbocycles. The number of rotatable bonds is 0. The molecule has 1 saturated heterocycles. The van der Waals surface area contributed by atoms with Gasteiger partial charge >= 0.3 is 5.97 Å². The summed E-state index contributed by atoms with van der Waals surface area (Å²) in [5.74, 6) is -0.232. The smallest absolute Gasteiger partial charge is 0.323 e. The molecule has 1 rings (SSSR count). The van der Waals surface area contributed by atoms with Gasteiger partial charge in [0.1, 0.15) is 6.04 Å². The highest BCUT2D eigenvalue weighted by molar-refractivity contribution is 5.75. The number of hydrogen-bond donors (Lipinski definition) is 1. The second kappa shape index (κ2) is 4.45. The SMILES string of the molecule is CC1CCCCC[C@H](N)C(=O)O1. The minimum absolute atomic E-state index is 0.0432. The van der Waals surface area contributed by atoms with Crippen LogP contribution in [0.25, 0.3) is 0 Å². The highest BCUT2D eigenvalue weighted by Gasteiger charge is 2.18. The molecule has 2 N–H and O–H groups in total. The average Bonchev–Trinajstić information content (AvgIpc) is 2.07. The van der Waals surface area contributed by atoms with Crippen molar-refractivity contribution in [1.82, 2.24) is 0 Å². The monoisotopic (exact) mass is 171 g/mol. The molecular formula is C9H17NO2. The molecule has 0 amide bonds. The van der Waals surface area contributed by atoms with Crippen LogP contribution in [-0.2, 0) is 9.53 Å². The Morgan fingerprint density at radius 1 is 1.33 bits per heavy atom. The van der Waals surface area contributed by atoms with Crippen LogP contribution in [0.5, 0.6) is 0 Å². The van der Waals surface area contributed by atoms with Gasteiger partial charge in [-0.15, -0.1) is 0 Å². The molecule has 1 aliphatic heterocycles. The van der Waals surface area contributed by atoms with E-state index in [1.807, 2.05) is 6.92 Å². The number of carbonyl (C=O) groups excluding carboxylic acids is 1. The van der Waals surface area contributed by atoms with Crippen molar-refractivity contribution in [3.8, 4) is 0 Å². The Labute approximate surface area is 73.3 Å². The fourth-order valence-electron chi connectivity index (χ4n) is 1.44. The van der Waals surface area contributed by atoms with Crippen molar-refractivity contribution in [2.45, 2.75) is 51.2 Å². The summed E-state index contributed by atoms with van der Waals surface area (Å²) >= 11 is 0. The van der Waals surface area contributed by atoms with E-state index in [1.54, 1.807) is 0 Å². The molecule has 0 saturated carbocycles. The second-order valence-electron chi connectivity index (χ2n) is 3.49. The lowest BCUT2D eigenvalue weighted by atomic mass is 10.1. The van der Waals surface area contributed by atoms with Gasteiger partial charge in [-0.3, -0.25) is 4.79 Å². The fraction of sp³-hybridized carbons (Fsp3) is 0.889. The first kappa shape index (κ1) is 9.52. The third kappa shape index (κ3) is 2.81. The first-order valence-corrected chi connectivity index (χ1v) is 4.66. The molecule has 0 aromatic heterocycles. The van der Waals surface area contributed by atoms with Gasteiger partial charge in [0.15, 0.2) is 0 Å². The number of esters is 1. The van der Waals surface area contributed by atoms with Crippen molar-refractivity contribution in [2.24, 2.45) is 5.73 Å². The van der Waals surface area contributed by atoms with E-state index >= 15 is 0 Å². The van der Waals surface area contributed by atoms with E-state index in [4.69, 9.17) is 10.5 Å². The molecule has 0 bridgehead atoms. The highest BCUT2D eigenvalue weighted by Crippen LogP contribution is 2.13. The third-order valence-corrected chi connectivity index (χ3v) is 2.25. The van der Waals surface area contributed by atoms with Crippen LogP contribution in [0.1, 0.15) is 39.0 Å². The van der Waals surface area contributed by atoms with Gasteiger partial charge in [-0.25, -0.2) is 0 Å². The van der Waals surface area contributed by atoms with Gasteiger partial charge in [0, 0.05) is 0 Å². The maximum atomic E-state index is 11.2. The van der Waals surface area contributed by atoms with Gasteiger partial charge in [-0.1, -0.05) is 12.8 Å². The first-order chi connectivity index (χ1) is 5.70. The quantitative estimate of drug-likeness (QED) is 0.557. The van der Waals surface area contributed by atoms with Gasteiger partial charge in [-0.05, 0) is 26.2 Å². The van der Waals surface area contributed by atoms with E-state index < -0.39 is 6.04 Å². The van der Waals surface area contributed by atoms with Crippen molar-refractivity contribution >= 4 is 5.97 Å². The number of nitrogens with two attached hydrogens (primary N) is 1. The van der Waals surface area contributed by atoms with Crippen LogP contribution in [0.15, 0.2) is 0 Å². The maximum absolute atomic E-state index is 11.2. The molecule has 0 aromatic rings. The van der Waals surface area contributed by atoms with Crippen molar-refractivity contribution in [3.05, 3.63) is 0 Å². The van der Waals surface area contributed by atoms with Crippen LogP contribution < -0.4 is 5.73 Å². The number of hydrogen-bond acceptors (Lipinski definition) is 3. The van der Waals surface area contributed by atoms with Gasteiger partial charge < -0.3 is 10.5 Å². The molecule has 2 atom stereocenters. The van der Waals surface area contributed by atoms with Crippen LogP contribution in [0.3, 0.4) is 0 Å². The van der Waals surface area contributed by atoms with Crippen LogP contribution in [0, 0.1) is 0 Å². The molecule has 12 heavy (non-hydrogen) atoms. The molecule has 3 heteroatoms. The van der Waals surface area contributed by atoms with Gasteiger partial charge in [0.05, 0.1) is 6.10 Å². The molecule has 0 spiro atoms. The topological polar surface area (TPSA) is 52.3 Å². The lowest BCUT2D eigenvalue weighted by Crippen LogP contribution is -2.33. The maximum Gasteiger partial charge on any atom is 0.323 e. The summed E-state index contributed by atoms with van der Waals surface area (Å²) in [6, 6.07) is -0.398. The summed E-state index contributed by atoms with van der Waals surface area (Å²) in [5, 5.41) is 0. The first-order valence-electron chi connectivity index (χ1n) is 4.66. The van der Waals surface area contributed by atoms with Gasteiger partial charge in [0.2, 0.25) is 0 Å². The van der Waals surface area contributed by atoms with Crippen molar-refractivity contribution in [1.29, 1.82) is 0 Å². The van der Waals surface area contributed by atoms with Crippen LogP contribution in [-0.4, -0.2) is 18.1 Å². The Morgan fingerprint density at radius 3 is 2.75 bits per heavy atom. The van der Waals surface area contributed by atoms with E-state index in [-0.39, 0.29) is 12.1 Å².